The largest absolute Gasteiger partial charge is 0.446 e. The number of alkyl carbamates (subject to hydrolysis) is 1. The molecule has 1 N–H and O–H groups in total. The van der Waals surface area contributed by atoms with E-state index in [1.807, 2.05) is 0 Å². The second kappa shape index (κ2) is 14.1. The van der Waals surface area contributed by atoms with Crippen molar-refractivity contribution in [1.29, 1.82) is 0 Å². The zero-order chi connectivity index (χ0) is 32.1. The monoisotopic (exact) mass is 646 g/mol. The number of carbonyl (C=O) groups is 1. The van der Waals surface area contributed by atoms with Crippen molar-refractivity contribution in [2.75, 3.05) is 12.7 Å². The standard InChI is InChI=1S/C38H48NO6P/c1-36(2,3)30-20-24-37(25-21-30)42-44-38(45-43-37)26-22-31(23-27-38)41-35(40)39-28-13-29-46(32-14-7-4-8-15-32,33-16-9-5-10-17-33)34-18-11-6-12-19-34/h4-12,14-19,30-31H,13,20-29H2,1-3H3/p+1. The van der Waals surface area contributed by atoms with Crippen LogP contribution in [0.4, 0.5) is 4.79 Å². The van der Waals surface area contributed by atoms with Crippen molar-refractivity contribution >= 4 is 29.3 Å². The Bertz CT molecular complexity index is 1290. The fraction of sp³-hybridized carbons (Fsp3) is 0.500. The van der Waals surface area contributed by atoms with Crippen molar-refractivity contribution < 1.29 is 29.1 Å². The van der Waals surface area contributed by atoms with Gasteiger partial charge in [-0.25, -0.2) is 4.79 Å². The van der Waals surface area contributed by atoms with E-state index in [0.29, 0.717) is 38.1 Å². The number of ether oxygens (including phenoxy) is 1. The zero-order valence-electron chi connectivity index (χ0n) is 27.5. The molecule has 1 heterocycles. The number of rotatable bonds is 8. The summed E-state index contributed by atoms with van der Waals surface area (Å²) in [6.07, 6.45) is 7.00. The normalized spacial score (nSPS) is 26.9. The molecule has 0 atom stereocenters. The van der Waals surface area contributed by atoms with Gasteiger partial charge in [-0.2, -0.15) is 19.6 Å². The van der Waals surface area contributed by atoms with Crippen molar-refractivity contribution in [3.05, 3.63) is 91.0 Å². The predicted molar refractivity (Wildman–Crippen MR) is 183 cm³/mol. The van der Waals surface area contributed by atoms with Crippen LogP contribution in [0.1, 0.15) is 78.6 Å². The highest BCUT2D eigenvalue weighted by atomic mass is 31.2. The molecule has 3 fully saturated rings. The van der Waals surface area contributed by atoms with Crippen LogP contribution < -0.4 is 21.2 Å². The minimum absolute atomic E-state index is 0.208. The minimum atomic E-state index is -1.93. The molecule has 8 heteroatoms. The van der Waals surface area contributed by atoms with Crippen LogP contribution in [-0.4, -0.2) is 36.5 Å². The third-order valence-electron chi connectivity index (χ3n) is 10.2. The van der Waals surface area contributed by atoms with E-state index in [-0.39, 0.29) is 17.6 Å². The molecular weight excluding hydrogens is 597 g/mol. The molecule has 3 aliphatic rings. The van der Waals surface area contributed by atoms with Crippen LogP contribution in [0.2, 0.25) is 0 Å². The first-order valence-corrected chi connectivity index (χ1v) is 18.9. The van der Waals surface area contributed by atoms with Gasteiger partial charge in [0.25, 0.3) is 0 Å². The number of amides is 1. The van der Waals surface area contributed by atoms with Crippen LogP contribution in [0.15, 0.2) is 91.0 Å². The highest BCUT2D eigenvalue weighted by molar-refractivity contribution is 7.95. The Hall–Kier alpha value is -2.80. The van der Waals surface area contributed by atoms with Crippen molar-refractivity contribution in [1.82, 2.24) is 5.32 Å². The first-order valence-electron chi connectivity index (χ1n) is 17.0. The average Bonchev–Trinajstić information content (AvgIpc) is 3.09. The Balaban J connectivity index is 0.993. The van der Waals surface area contributed by atoms with Gasteiger partial charge in [-0.15, -0.1) is 0 Å². The maximum absolute atomic E-state index is 12.9. The van der Waals surface area contributed by atoms with E-state index < -0.39 is 18.8 Å². The molecule has 0 unspecified atom stereocenters. The summed E-state index contributed by atoms with van der Waals surface area (Å²) in [5, 5.41) is 7.05. The molecule has 1 aliphatic heterocycles. The van der Waals surface area contributed by atoms with Gasteiger partial charge in [0.15, 0.2) is 0 Å². The van der Waals surface area contributed by atoms with Crippen LogP contribution in [0.5, 0.6) is 0 Å². The van der Waals surface area contributed by atoms with Crippen molar-refractivity contribution in [2.45, 2.75) is 96.2 Å². The van der Waals surface area contributed by atoms with Gasteiger partial charge in [0.1, 0.15) is 29.3 Å². The van der Waals surface area contributed by atoms with Crippen LogP contribution in [-0.2, 0) is 24.3 Å². The third kappa shape index (κ3) is 7.35. The summed E-state index contributed by atoms with van der Waals surface area (Å²) in [7, 11) is -1.93. The summed E-state index contributed by atoms with van der Waals surface area (Å²) in [6.45, 7) is 7.40. The molecule has 3 aromatic carbocycles. The maximum atomic E-state index is 12.9. The molecule has 0 radical (unpaired) electrons. The molecule has 0 bridgehead atoms. The molecule has 3 aromatic rings. The number of benzene rings is 3. The van der Waals surface area contributed by atoms with Crippen molar-refractivity contribution in [3.8, 4) is 0 Å². The van der Waals surface area contributed by atoms with E-state index in [2.05, 4.69) is 117 Å². The lowest BCUT2D eigenvalue weighted by atomic mass is 9.71. The zero-order valence-corrected chi connectivity index (χ0v) is 28.4. The summed E-state index contributed by atoms with van der Waals surface area (Å²) in [5.74, 6) is -1.13. The fourth-order valence-corrected chi connectivity index (χ4v) is 11.7. The number of hydrogen-bond donors (Lipinski definition) is 1. The lowest BCUT2D eigenvalue weighted by molar-refractivity contribution is -0.663. The molecule has 246 valence electrons. The highest BCUT2D eigenvalue weighted by Gasteiger charge is 2.52. The molecule has 2 aliphatic carbocycles. The second-order valence-electron chi connectivity index (χ2n) is 14.2. The summed E-state index contributed by atoms with van der Waals surface area (Å²) >= 11 is 0. The lowest BCUT2D eigenvalue weighted by Crippen LogP contribution is -2.54. The molecule has 1 amide bonds. The topological polar surface area (TPSA) is 75.3 Å². The summed E-state index contributed by atoms with van der Waals surface area (Å²) < 4.78 is 5.83. The number of hydrogen-bond acceptors (Lipinski definition) is 6. The van der Waals surface area contributed by atoms with E-state index in [1.54, 1.807) is 0 Å². The van der Waals surface area contributed by atoms with Crippen LogP contribution >= 0.6 is 7.26 Å². The lowest BCUT2D eigenvalue weighted by Gasteiger charge is -2.48. The molecule has 6 rings (SSSR count). The maximum Gasteiger partial charge on any atom is 0.407 e. The Morgan fingerprint density at radius 2 is 1.13 bits per heavy atom. The fourth-order valence-electron chi connectivity index (χ4n) is 7.32. The first kappa shape index (κ1) is 33.1. The number of nitrogens with one attached hydrogen (secondary N) is 1. The Morgan fingerprint density at radius 3 is 1.54 bits per heavy atom. The number of carbonyl (C=O) groups excluding carboxylic acids is 1. The molecule has 0 aromatic heterocycles. The Morgan fingerprint density at radius 1 is 0.717 bits per heavy atom. The quantitative estimate of drug-likeness (QED) is 0.155. The van der Waals surface area contributed by atoms with Gasteiger partial charge in [0.2, 0.25) is 11.6 Å². The van der Waals surface area contributed by atoms with Crippen LogP contribution in [0, 0.1) is 11.3 Å². The molecule has 1 saturated heterocycles. The molecule has 2 spiro atoms. The highest BCUT2D eigenvalue weighted by Crippen LogP contribution is 2.55. The van der Waals surface area contributed by atoms with Crippen LogP contribution in [0.3, 0.4) is 0 Å². The van der Waals surface area contributed by atoms with Gasteiger partial charge in [0.05, 0.1) is 6.16 Å². The van der Waals surface area contributed by atoms with Gasteiger partial charge in [-0.3, -0.25) is 0 Å². The van der Waals surface area contributed by atoms with E-state index >= 15 is 0 Å². The Labute approximate surface area is 274 Å². The summed E-state index contributed by atoms with van der Waals surface area (Å²) in [6, 6.07) is 32.4. The average molecular weight is 647 g/mol. The van der Waals surface area contributed by atoms with Gasteiger partial charge < -0.3 is 10.1 Å². The van der Waals surface area contributed by atoms with Crippen molar-refractivity contribution in [3.63, 3.8) is 0 Å². The van der Waals surface area contributed by atoms with E-state index in [0.717, 1.165) is 38.3 Å². The molecular formula is C38H49NO6P+. The van der Waals surface area contributed by atoms with E-state index in [9.17, 15) is 4.79 Å². The molecule has 2 saturated carbocycles. The SMILES string of the molecule is CC(C)(C)C1CCC2(CC1)OOC1(CCC(OC(=O)NCCC[P+](c3ccccc3)(c3ccccc3)c3ccccc3)CC1)OO2. The predicted octanol–water partition coefficient (Wildman–Crippen LogP) is 7.58. The molecule has 46 heavy (non-hydrogen) atoms. The second-order valence-corrected chi connectivity index (χ2v) is 17.8. The Kier molecular flexibility index (Phi) is 10.2. The van der Waals surface area contributed by atoms with Gasteiger partial charge in [0, 0.05) is 32.2 Å². The first-order chi connectivity index (χ1) is 22.2. The third-order valence-corrected chi connectivity index (χ3v) is 14.7. The van der Waals surface area contributed by atoms with Crippen molar-refractivity contribution in [2.24, 2.45) is 11.3 Å². The van der Waals surface area contributed by atoms with E-state index in [4.69, 9.17) is 24.3 Å². The van der Waals surface area contributed by atoms with Gasteiger partial charge >= 0.3 is 6.09 Å². The van der Waals surface area contributed by atoms with Crippen LogP contribution in [0.25, 0.3) is 0 Å². The molecule has 7 nitrogen and oxygen atoms in total. The van der Waals surface area contributed by atoms with Gasteiger partial charge in [-0.1, -0.05) is 75.4 Å². The summed E-state index contributed by atoms with van der Waals surface area (Å²) in [4.78, 5) is 36.5. The minimum Gasteiger partial charge on any atom is -0.446 e. The summed E-state index contributed by atoms with van der Waals surface area (Å²) in [5.41, 5.74) is 0.266. The smallest absolute Gasteiger partial charge is 0.407 e. The van der Waals surface area contributed by atoms with Gasteiger partial charge in [-0.05, 0) is 79.8 Å². The van der Waals surface area contributed by atoms with E-state index in [1.165, 1.54) is 15.9 Å².